The maximum atomic E-state index is 13.2. The molecular weight excluding hydrogens is 384 g/mol. The van der Waals surface area contributed by atoms with E-state index in [1.807, 2.05) is 0 Å². The third-order valence-electron chi connectivity index (χ3n) is 7.45. The molecular formula is C23H34N2O3S. The molecule has 1 heterocycles. The number of rotatable bonds is 4. The number of amides is 1. The SMILES string of the molecule is CC1CC2CCCCC2N1C(=O)c1ccc(S(=O)(=O)N(C)C2CCCCC2)cc1. The molecule has 3 fully saturated rings. The van der Waals surface area contributed by atoms with Gasteiger partial charge in [0, 0.05) is 30.7 Å². The van der Waals surface area contributed by atoms with E-state index in [9.17, 15) is 13.2 Å². The van der Waals surface area contributed by atoms with Crippen LogP contribution in [0.15, 0.2) is 29.2 Å². The number of carbonyl (C=O) groups excluding carboxylic acids is 1. The molecule has 2 saturated carbocycles. The predicted octanol–water partition coefficient (Wildman–Crippen LogP) is 4.43. The standard InChI is InChI=1S/C23H34N2O3S/c1-17-16-19-8-6-7-11-22(19)25(17)23(26)18-12-14-21(15-13-18)29(27,28)24(2)20-9-4-3-5-10-20/h12-15,17,19-20,22H,3-11,16H2,1-2H3. The molecule has 6 heteroatoms. The van der Waals surface area contributed by atoms with Gasteiger partial charge in [-0.25, -0.2) is 8.42 Å². The number of hydrogen-bond acceptors (Lipinski definition) is 3. The van der Waals surface area contributed by atoms with Crippen molar-refractivity contribution in [1.29, 1.82) is 0 Å². The molecule has 1 saturated heterocycles. The van der Waals surface area contributed by atoms with Crippen LogP contribution in [0.3, 0.4) is 0 Å². The van der Waals surface area contributed by atoms with E-state index in [1.165, 1.54) is 30.0 Å². The quantitative estimate of drug-likeness (QED) is 0.727. The molecule has 0 radical (unpaired) electrons. The van der Waals surface area contributed by atoms with E-state index in [4.69, 9.17) is 0 Å². The Labute approximate surface area is 175 Å². The Bertz CT molecular complexity index is 830. The van der Waals surface area contributed by atoms with E-state index in [1.54, 1.807) is 31.3 Å². The second kappa shape index (κ2) is 8.38. The molecule has 2 aliphatic carbocycles. The van der Waals surface area contributed by atoms with E-state index < -0.39 is 10.0 Å². The summed E-state index contributed by atoms with van der Waals surface area (Å²) in [4.78, 5) is 15.6. The molecule has 4 rings (SSSR count). The molecule has 1 aromatic rings. The molecule has 0 bridgehead atoms. The topological polar surface area (TPSA) is 57.7 Å². The third-order valence-corrected chi connectivity index (χ3v) is 9.37. The Kier molecular flexibility index (Phi) is 6.03. The van der Waals surface area contributed by atoms with Gasteiger partial charge in [0.25, 0.3) is 5.91 Å². The van der Waals surface area contributed by atoms with Crippen molar-refractivity contribution in [2.45, 2.75) is 94.2 Å². The van der Waals surface area contributed by atoms with Crippen molar-refractivity contribution in [2.75, 3.05) is 7.05 Å². The highest BCUT2D eigenvalue weighted by atomic mass is 32.2. The van der Waals surface area contributed by atoms with Crippen LogP contribution in [0.1, 0.15) is 81.5 Å². The first-order chi connectivity index (χ1) is 13.9. The lowest BCUT2D eigenvalue weighted by Crippen LogP contribution is -2.42. The van der Waals surface area contributed by atoms with Gasteiger partial charge in [0.2, 0.25) is 10.0 Å². The van der Waals surface area contributed by atoms with Gasteiger partial charge in [-0.1, -0.05) is 32.1 Å². The summed E-state index contributed by atoms with van der Waals surface area (Å²) in [6.45, 7) is 2.15. The van der Waals surface area contributed by atoms with Gasteiger partial charge in [0.1, 0.15) is 0 Å². The van der Waals surface area contributed by atoms with Crippen molar-refractivity contribution in [3.05, 3.63) is 29.8 Å². The zero-order chi connectivity index (χ0) is 20.6. The first-order valence-corrected chi connectivity index (χ1v) is 12.7. The van der Waals surface area contributed by atoms with E-state index in [0.717, 1.165) is 38.5 Å². The van der Waals surface area contributed by atoms with Crippen LogP contribution in [0.5, 0.6) is 0 Å². The fraction of sp³-hybridized carbons (Fsp3) is 0.696. The second-order valence-electron chi connectivity index (χ2n) is 9.25. The minimum Gasteiger partial charge on any atom is -0.333 e. The highest BCUT2D eigenvalue weighted by Crippen LogP contribution is 2.40. The monoisotopic (exact) mass is 418 g/mol. The summed E-state index contributed by atoms with van der Waals surface area (Å²) in [5, 5.41) is 0. The molecule has 3 unspecified atom stereocenters. The Hall–Kier alpha value is -1.40. The van der Waals surface area contributed by atoms with Crippen molar-refractivity contribution < 1.29 is 13.2 Å². The van der Waals surface area contributed by atoms with Crippen LogP contribution in [-0.2, 0) is 10.0 Å². The van der Waals surface area contributed by atoms with Gasteiger partial charge >= 0.3 is 0 Å². The summed E-state index contributed by atoms with van der Waals surface area (Å²) in [6.07, 6.45) is 11.1. The molecule has 1 amide bonds. The van der Waals surface area contributed by atoms with E-state index in [2.05, 4.69) is 11.8 Å². The molecule has 0 aromatic heterocycles. The summed E-state index contributed by atoms with van der Waals surface area (Å²) in [7, 11) is -1.83. The van der Waals surface area contributed by atoms with Gasteiger partial charge in [-0.2, -0.15) is 4.31 Å². The van der Waals surface area contributed by atoms with Gasteiger partial charge in [-0.3, -0.25) is 4.79 Å². The minimum absolute atomic E-state index is 0.0523. The number of likely N-dealkylation sites (tertiary alicyclic amines) is 1. The molecule has 0 N–H and O–H groups in total. The molecule has 5 nitrogen and oxygen atoms in total. The number of sulfonamides is 1. The lowest BCUT2D eigenvalue weighted by Gasteiger charge is -2.33. The Morgan fingerprint density at radius 1 is 0.966 bits per heavy atom. The van der Waals surface area contributed by atoms with Crippen LogP contribution in [0, 0.1) is 5.92 Å². The smallest absolute Gasteiger partial charge is 0.254 e. The number of fused-ring (bicyclic) bond motifs is 1. The predicted molar refractivity (Wildman–Crippen MR) is 114 cm³/mol. The average Bonchev–Trinajstić information content (AvgIpc) is 3.09. The maximum absolute atomic E-state index is 13.2. The van der Waals surface area contributed by atoms with Crippen molar-refractivity contribution in [1.82, 2.24) is 9.21 Å². The van der Waals surface area contributed by atoms with Crippen LogP contribution >= 0.6 is 0 Å². The van der Waals surface area contributed by atoms with Crippen molar-refractivity contribution in [3.63, 3.8) is 0 Å². The fourth-order valence-corrected chi connectivity index (χ4v) is 7.20. The van der Waals surface area contributed by atoms with E-state index in [-0.39, 0.29) is 22.9 Å². The molecule has 1 aromatic carbocycles. The lowest BCUT2D eigenvalue weighted by molar-refractivity contribution is 0.0633. The molecule has 3 aliphatic rings. The molecule has 1 aliphatic heterocycles. The summed E-state index contributed by atoms with van der Waals surface area (Å²) >= 11 is 0. The van der Waals surface area contributed by atoms with Crippen LogP contribution in [-0.4, -0.2) is 48.7 Å². The average molecular weight is 419 g/mol. The normalized spacial score (nSPS) is 28.5. The van der Waals surface area contributed by atoms with Gasteiger partial charge in [-0.15, -0.1) is 0 Å². The summed E-state index contributed by atoms with van der Waals surface area (Å²) in [5.74, 6) is 0.683. The van der Waals surface area contributed by atoms with Crippen LogP contribution < -0.4 is 0 Å². The Balaban J connectivity index is 1.50. The molecule has 3 atom stereocenters. The summed E-state index contributed by atoms with van der Waals surface area (Å²) < 4.78 is 27.6. The fourth-order valence-electron chi connectivity index (χ4n) is 5.78. The highest BCUT2D eigenvalue weighted by molar-refractivity contribution is 7.89. The zero-order valence-corrected chi connectivity index (χ0v) is 18.5. The molecule has 160 valence electrons. The first kappa shape index (κ1) is 20.9. The van der Waals surface area contributed by atoms with Gasteiger partial charge < -0.3 is 4.90 Å². The number of hydrogen-bond donors (Lipinski definition) is 0. The zero-order valence-electron chi connectivity index (χ0n) is 17.7. The maximum Gasteiger partial charge on any atom is 0.254 e. The number of nitrogens with zero attached hydrogens (tertiary/aromatic N) is 2. The number of benzene rings is 1. The first-order valence-electron chi connectivity index (χ1n) is 11.3. The molecule has 0 spiro atoms. The number of carbonyl (C=O) groups is 1. The Morgan fingerprint density at radius 3 is 2.28 bits per heavy atom. The van der Waals surface area contributed by atoms with Crippen LogP contribution in [0.25, 0.3) is 0 Å². The van der Waals surface area contributed by atoms with Gasteiger partial charge in [0.05, 0.1) is 4.90 Å². The van der Waals surface area contributed by atoms with Crippen molar-refractivity contribution in [3.8, 4) is 0 Å². The van der Waals surface area contributed by atoms with Crippen molar-refractivity contribution in [2.24, 2.45) is 5.92 Å². The van der Waals surface area contributed by atoms with Gasteiger partial charge in [-0.05, 0) is 69.2 Å². The summed E-state index contributed by atoms with van der Waals surface area (Å²) in [5.41, 5.74) is 0.599. The van der Waals surface area contributed by atoms with Crippen LogP contribution in [0.4, 0.5) is 0 Å². The van der Waals surface area contributed by atoms with E-state index in [0.29, 0.717) is 17.5 Å². The van der Waals surface area contributed by atoms with E-state index >= 15 is 0 Å². The van der Waals surface area contributed by atoms with Gasteiger partial charge in [0.15, 0.2) is 0 Å². The minimum atomic E-state index is -3.52. The summed E-state index contributed by atoms with van der Waals surface area (Å²) in [6, 6.07) is 7.33. The Morgan fingerprint density at radius 2 is 1.59 bits per heavy atom. The lowest BCUT2D eigenvalue weighted by atomic mass is 9.85. The van der Waals surface area contributed by atoms with Crippen LogP contribution in [0.2, 0.25) is 0 Å². The largest absolute Gasteiger partial charge is 0.333 e. The third kappa shape index (κ3) is 3.98. The van der Waals surface area contributed by atoms with Crippen molar-refractivity contribution >= 4 is 15.9 Å². The molecule has 29 heavy (non-hydrogen) atoms. The second-order valence-corrected chi connectivity index (χ2v) is 11.2. The highest BCUT2D eigenvalue weighted by Gasteiger charge is 2.42.